The van der Waals surface area contributed by atoms with Crippen molar-refractivity contribution >= 4 is 10.1 Å². The molecule has 26 heavy (non-hydrogen) atoms. The highest BCUT2D eigenvalue weighted by Gasteiger charge is 2.15. The minimum atomic E-state index is -3.78. The van der Waals surface area contributed by atoms with Gasteiger partial charge in [0.25, 0.3) is 10.1 Å². The van der Waals surface area contributed by atoms with E-state index >= 15 is 0 Å². The van der Waals surface area contributed by atoms with Crippen LogP contribution in [0.1, 0.15) is 110 Å². The van der Waals surface area contributed by atoms with Crippen molar-refractivity contribution in [2.75, 3.05) is 5.75 Å². The van der Waals surface area contributed by atoms with Gasteiger partial charge in [-0.05, 0) is 32.6 Å². The van der Waals surface area contributed by atoms with E-state index in [1.807, 2.05) is 6.92 Å². The largest absolute Gasteiger partial charge is 0.378 e. The summed E-state index contributed by atoms with van der Waals surface area (Å²) in [5.74, 6) is 6.04. The fourth-order valence-corrected chi connectivity index (χ4v) is 3.52. The van der Waals surface area contributed by atoms with Gasteiger partial charge in [0.1, 0.15) is 5.60 Å². The van der Waals surface area contributed by atoms with E-state index in [-0.39, 0.29) is 5.75 Å². The van der Waals surface area contributed by atoms with E-state index in [4.69, 9.17) is 4.55 Å². The van der Waals surface area contributed by atoms with Crippen LogP contribution in [0.3, 0.4) is 0 Å². The van der Waals surface area contributed by atoms with Gasteiger partial charge in [-0.25, -0.2) is 0 Å². The van der Waals surface area contributed by atoms with Gasteiger partial charge in [-0.2, -0.15) is 8.42 Å². The third kappa shape index (κ3) is 19.8. The fraction of sp³-hybridized carbons (Fsp3) is 0.905. The zero-order chi connectivity index (χ0) is 19.7. The third-order valence-electron chi connectivity index (χ3n) is 4.58. The van der Waals surface area contributed by atoms with Crippen LogP contribution in [0, 0.1) is 11.8 Å². The van der Waals surface area contributed by atoms with Gasteiger partial charge < -0.3 is 5.11 Å². The summed E-state index contributed by atoms with van der Waals surface area (Å²) in [5.41, 5.74) is -0.823. The molecule has 0 aliphatic heterocycles. The Hall–Kier alpha value is -0.570. The second-order valence-electron chi connectivity index (χ2n) is 7.60. The molecular weight excluding hydrogens is 348 g/mol. The topological polar surface area (TPSA) is 74.6 Å². The number of hydrogen-bond donors (Lipinski definition) is 2. The van der Waals surface area contributed by atoms with Gasteiger partial charge in [0.15, 0.2) is 0 Å². The lowest BCUT2D eigenvalue weighted by atomic mass is 9.98. The molecule has 1 unspecified atom stereocenters. The standard InChI is InChI=1S/C21H40O4S/c1-3-4-15-18-21(2,22)19-16-13-11-9-7-5-6-8-10-12-14-17-20-26(23,24)25/h22H,3-15,17-18,20H2,1-2H3,(H,23,24,25). The number of aliphatic hydroxyl groups is 1. The van der Waals surface area contributed by atoms with Crippen molar-refractivity contribution in [3.8, 4) is 11.8 Å². The summed E-state index contributed by atoms with van der Waals surface area (Å²) < 4.78 is 29.8. The SMILES string of the molecule is CCCCCC(C)(O)C#CCCCCCCCCCCCCS(=O)(=O)O. The van der Waals surface area contributed by atoms with Gasteiger partial charge in [-0.1, -0.05) is 77.1 Å². The maximum Gasteiger partial charge on any atom is 0.264 e. The van der Waals surface area contributed by atoms with Crippen molar-refractivity contribution in [1.29, 1.82) is 0 Å². The quantitative estimate of drug-likeness (QED) is 0.208. The van der Waals surface area contributed by atoms with E-state index in [1.54, 1.807) is 0 Å². The minimum absolute atomic E-state index is 0.107. The van der Waals surface area contributed by atoms with Crippen LogP contribution in [0.5, 0.6) is 0 Å². The van der Waals surface area contributed by atoms with Crippen molar-refractivity contribution in [1.82, 2.24) is 0 Å². The monoisotopic (exact) mass is 388 g/mol. The molecular formula is C21H40O4S. The first-order valence-corrected chi connectivity index (χ1v) is 12.1. The lowest BCUT2D eigenvalue weighted by Crippen LogP contribution is -2.21. The van der Waals surface area contributed by atoms with Crippen LogP contribution in [0.2, 0.25) is 0 Å². The van der Waals surface area contributed by atoms with Crippen LogP contribution in [0.4, 0.5) is 0 Å². The Bertz CT molecular complexity index is 486. The molecule has 0 aromatic carbocycles. The lowest BCUT2D eigenvalue weighted by molar-refractivity contribution is 0.109. The molecule has 154 valence electrons. The lowest BCUT2D eigenvalue weighted by Gasteiger charge is -2.15. The molecule has 0 aliphatic carbocycles. The molecule has 0 saturated carbocycles. The van der Waals surface area contributed by atoms with Gasteiger partial charge in [0, 0.05) is 6.42 Å². The number of hydrogen-bond acceptors (Lipinski definition) is 3. The predicted molar refractivity (Wildman–Crippen MR) is 110 cm³/mol. The Balaban J connectivity index is 3.40. The fourth-order valence-electron chi connectivity index (χ4n) is 2.95. The average molecular weight is 389 g/mol. The Morgan fingerprint density at radius 3 is 1.81 bits per heavy atom. The summed E-state index contributed by atoms with van der Waals surface area (Å²) in [6.45, 7) is 3.98. The van der Waals surface area contributed by atoms with Gasteiger partial charge in [-0.3, -0.25) is 4.55 Å². The molecule has 0 rings (SSSR count). The first-order chi connectivity index (χ1) is 12.3. The summed E-state index contributed by atoms with van der Waals surface area (Å²) in [4.78, 5) is 0. The van der Waals surface area contributed by atoms with Gasteiger partial charge >= 0.3 is 0 Å². The third-order valence-corrected chi connectivity index (χ3v) is 5.38. The first kappa shape index (κ1) is 25.4. The highest BCUT2D eigenvalue weighted by molar-refractivity contribution is 7.85. The highest BCUT2D eigenvalue weighted by atomic mass is 32.2. The summed E-state index contributed by atoms with van der Waals surface area (Å²) in [7, 11) is -3.78. The van der Waals surface area contributed by atoms with E-state index in [9.17, 15) is 13.5 Å². The Morgan fingerprint density at radius 2 is 1.31 bits per heavy atom. The zero-order valence-corrected chi connectivity index (χ0v) is 17.7. The van der Waals surface area contributed by atoms with Gasteiger partial charge in [0.05, 0.1) is 5.75 Å². The molecule has 1 atom stereocenters. The van der Waals surface area contributed by atoms with Crippen LogP contribution in [-0.2, 0) is 10.1 Å². The Kier molecular flexibility index (Phi) is 15.1. The molecule has 0 spiro atoms. The van der Waals surface area contributed by atoms with Crippen LogP contribution >= 0.6 is 0 Å². The van der Waals surface area contributed by atoms with Gasteiger partial charge in [0.2, 0.25) is 0 Å². The van der Waals surface area contributed by atoms with Crippen molar-refractivity contribution in [3.63, 3.8) is 0 Å². The molecule has 5 heteroatoms. The molecule has 0 heterocycles. The van der Waals surface area contributed by atoms with Crippen LogP contribution in [0.15, 0.2) is 0 Å². The maximum atomic E-state index is 10.6. The maximum absolute atomic E-state index is 10.6. The van der Waals surface area contributed by atoms with E-state index in [0.717, 1.165) is 57.8 Å². The van der Waals surface area contributed by atoms with Crippen LogP contribution in [0.25, 0.3) is 0 Å². The van der Waals surface area contributed by atoms with E-state index in [1.165, 1.54) is 32.1 Å². The highest BCUT2D eigenvalue weighted by Crippen LogP contribution is 2.14. The van der Waals surface area contributed by atoms with Crippen LogP contribution in [-0.4, -0.2) is 29.4 Å². The second kappa shape index (κ2) is 15.5. The van der Waals surface area contributed by atoms with Gasteiger partial charge in [-0.15, -0.1) is 5.92 Å². The predicted octanol–water partition coefficient (Wildman–Crippen LogP) is 5.50. The Labute approximate surface area is 161 Å². The molecule has 0 aromatic rings. The second-order valence-corrected chi connectivity index (χ2v) is 9.18. The zero-order valence-electron chi connectivity index (χ0n) is 16.9. The molecule has 0 fully saturated rings. The average Bonchev–Trinajstić information content (AvgIpc) is 2.54. The molecule has 0 aromatic heterocycles. The smallest absolute Gasteiger partial charge is 0.264 e. The molecule has 0 saturated heterocycles. The van der Waals surface area contributed by atoms with Crippen molar-refractivity contribution in [2.24, 2.45) is 0 Å². The first-order valence-electron chi connectivity index (χ1n) is 10.4. The molecule has 0 amide bonds. The summed E-state index contributed by atoms with van der Waals surface area (Å²) in [5, 5.41) is 10.1. The van der Waals surface area contributed by atoms with Crippen molar-refractivity contribution in [2.45, 2.75) is 116 Å². The van der Waals surface area contributed by atoms with Crippen molar-refractivity contribution < 1.29 is 18.1 Å². The Morgan fingerprint density at radius 1 is 0.808 bits per heavy atom. The number of unbranched alkanes of at least 4 members (excludes halogenated alkanes) is 12. The molecule has 4 nitrogen and oxygen atoms in total. The van der Waals surface area contributed by atoms with Crippen LogP contribution < -0.4 is 0 Å². The summed E-state index contributed by atoms with van der Waals surface area (Å²) in [6.07, 6.45) is 15.8. The molecule has 0 aliphatic rings. The summed E-state index contributed by atoms with van der Waals surface area (Å²) in [6, 6.07) is 0. The molecule has 0 bridgehead atoms. The summed E-state index contributed by atoms with van der Waals surface area (Å²) >= 11 is 0. The normalized spacial score (nSPS) is 13.8. The molecule has 2 N–H and O–H groups in total. The minimum Gasteiger partial charge on any atom is -0.378 e. The molecule has 0 radical (unpaired) electrons. The van der Waals surface area contributed by atoms with E-state index < -0.39 is 15.7 Å². The van der Waals surface area contributed by atoms with Crippen molar-refractivity contribution in [3.05, 3.63) is 0 Å². The van der Waals surface area contributed by atoms with E-state index in [0.29, 0.717) is 6.42 Å². The van der Waals surface area contributed by atoms with E-state index in [2.05, 4.69) is 18.8 Å². The number of rotatable bonds is 16.